The molecule has 3 heterocycles. The summed E-state index contributed by atoms with van der Waals surface area (Å²) in [5.74, 6) is -0.134. The van der Waals surface area contributed by atoms with Crippen LogP contribution in [-0.2, 0) is 22.4 Å². The molecule has 1 atom stereocenters. The van der Waals surface area contributed by atoms with Gasteiger partial charge in [0.15, 0.2) is 12.4 Å². The third-order valence-corrected chi connectivity index (χ3v) is 10.1. The molecule has 53 heavy (non-hydrogen) atoms. The summed E-state index contributed by atoms with van der Waals surface area (Å²) in [6.07, 6.45) is 1.51. The number of rotatable bonds is 12. The Kier molecular flexibility index (Phi) is 11.2. The highest BCUT2D eigenvalue weighted by molar-refractivity contribution is 5.98. The minimum atomic E-state index is -0.896. The van der Waals surface area contributed by atoms with Gasteiger partial charge in [0.05, 0.1) is 11.8 Å². The average molecular weight is 720 g/mol. The number of hydrogen-bond acceptors (Lipinski definition) is 9. The van der Waals surface area contributed by atoms with Crippen LogP contribution in [0.5, 0.6) is 11.5 Å². The molecule has 5 N–H and O–H groups in total. The van der Waals surface area contributed by atoms with Crippen molar-refractivity contribution in [3.05, 3.63) is 107 Å². The highest BCUT2D eigenvalue weighted by atomic mass is 16.6. The smallest absolute Gasteiger partial charge is 0.411 e. The van der Waals surface area contributed by atoms with Crippen molar-refractivity contribution < 1.29 is 34.1 Å². The molecule has 7 rings (SSSR count). The van der Waals surface area contributed by atoms with Crippen LogP contribution in [0.4, 0.5) is 16.2 Å². The molecule has 1 saturated heterocycles. The maximum atomic E-state index is 13.4. The van der Waals surface area contributed by atoms with Crippen molar-refractivity contribution >= 4 is 29.3 Å². The van der Waals surface area contributed by atoms with E-state index in [-0.39, 0.29) is 48.3 Å². The van der Waals surface area contributed by atoms with E-state index in [2.05, 4.69) is 26.9 Å². The number of fused-ring (bicyclic) bond motifs is 2. The number of hydrogen-bond donors (Lipinski definition) is 5. The van der Waals surface area contributed by atoms with Gasteiger partial charge >= 0.3 is 6.09 Å². The van der Waals surface area contributed by atoms with E-state index >= 15 is 0 Å². The molecule has 0 bridgehead atoms. The largest absolute Gasteiger partial charge is 0.506 e. The number of para-hydroxylation sites is 1. The van der Waals surface area contributed by atoms with Crippen molar-refractivity contribution in [3.63, 3.8) is 0 Å². The summed E-state index contributed by atoms with van der Waals surface area (Å²) < 4.78 is 11.3. The Morgan fingerprint density at radius 3 is 2.57 bits per heavy atom. The molecule has 1 fully saturated rings. The van der Waals surface area contributed by atoms with Gasteiger partial charge in [0.25, 0.3) is 11.8 Å². The zero-order valence-corrected chi connectivity index (χ0v) is 29.6. The lowest BCUT2D eigenvalue weighted by atomic mass is 9.95. The number of ether oxygens (including phenoxy) is 2. The lowest BCUT2D eigenvalue weighted by Gasteiger charge is -2.34. The molecule has 4 aromatic carbocycles. The van der Waals surface area contributed by atoms with Crippen LogP contribution in [0.2, 0.25) is 0 Å². The van der Waals surface area contributed by atoms with Crippen LogP contribution in [0.25, 0.3) is 11.1 Å². The van der Waals surface area contributed by atoms with E-state index in [0.717, 1.165) is 78.8 Å². The van der Waals surface area contributed by atoms with Crippen LogP contribution in [-0.4, -0.2) is 96.4 Å². The van der Waals surface area contributed by atoms with Crippen LogP contribution < -0.4 is 20.7 Å². The van der Waals surface area contributed by atoms with Crippen molar-refractivity contribution in [2.75, 3.05) is 63.1 Å². The molecule has 0 unspecified atom stereocenters. The zero-order chi connectivity index (χ0) is 36.7. The van der Waals surface area contributed by atoms with Gasteiger partial charge < -0.3 is 40.1 Å². The van der Waals surface area contributed by atoms with Crippen molar-refractivity contribution in [3.8, 4) is 22.6 Å². The lowest BCUT2D eigenvalue weighted by Crippen LogP contribution is -2.45. The Hall–Kier alpha value is -5.43. The fourth-order valence-electron chi connectivity index (χ4n) is 7.25. The van der Waals surface area contributed by atoms with E-state index in [1.807, 2.05) is 71.6 Å². The number of carbonyl (C=O) groups is 3. The van der Waals surface area contributed by atoms with Crippen molar-refractivity contribution in [1.82, 2.24) is 15.1 Å². The molecule has 0 saturated carbocycles. The quantitative estimate of drug-likeness (QED) is 0.101. The molecule has 0 spiro atoms. The first-order chi connectivity index (χ1) is 25.8. The molecule has 0 radical (unpaired) electrons. The monoisotopic (exact) mass is 719 g/mol. The number of aliphatic hydroxyl groups excluding tert-OH is 1. The van der Waals surface area contributed by atoms with Crippen LogP contribution in [0.1, 0.15) is 46.0 Å². The Morgan fingerprint density at radius 2 is 1.74 bits per heavy atom. The van der Waals surface area contributed by atoms with Gasteiger partial charge in [-0.1, -0.05) is 60.7 Å². The standard InChI is InChI=1S/C41H45N5O7/c47-35-13-12-33(39-38(35)44-37(49)26-52-39)36(48)25-42-18-14-27-10-11-32-29(24-27)15-21-46(40(32)50)23-22-45-19-16-30(17-20-45)53-41(51)43-34-9-5-4-8-31(34)28-6-2-1-3-7-28/h1-13,24,30,36,42,47-48H,14-23,25-26H2,(H,43,51)(H,44,49)/t36-/m1/s1. The number of benzene rings is 4. The Bertz CT molecular complexity index is 1950. The molecule has 0 aromatic heterocycles. The summed E-state index contributed by atoms with van der Waals surface area (Å²) in [6, 6.07) is 26.7. The van der Waals surface area contributed by atoms with Crippen LogP contribution >= 0.6 is 0 Å². The number of phenolic OH excluding ortho intramolecular Hbond substituents is 1. The third-order valence-electron chi connectivity index (χ3n) is 10.1. The minimum absolute atomic E-state index is 0.0559. The van der Waals surface area contributed by atoms with Gasteiger partial charge in [-0.2, -0.15) is 0 Å². The molecule has 3 aliphatic rings. The fourth-order valence-corrected chi connectivity index (χ4v) is 7.25. The van der Waals surface area contributed by atoms with Gasteiger partial charge in [-0.05, 0) is 73.2 Å². The topological polar surface area (TPSA) is 153 Å². The summed E-state index contributed by atoms with van der Waals surface area (Å²) in [5, 5.41) is 29.7. The highest BCUT2D eigenvalue weighted by Crippen LogP contribution is 2.41. The van der Waals surface area contributed by atoms with Crippen LogP contribution in [0.15, 0.2) is 84.9 Å². The van der Waals surface area contributed by atoms with Crippen molar-refractivity contribution in [2.24, 2.45) is 0 Å². The number of nitrogens with one attached hydrogen (secondary N) is 3. The van der Waals surface area contributed by atoms with Gasteiger partial charge in [-0.15, -0.1) is 0 Å². The first kappa shape index (κ1) is 36.0. The normalized spacial score (nSPS) is 16.6. The van der Waals surface area contributed by atoms with E-state index in [4.69, 9.17) is 9.47 Å². The first-order valence-electron chi connectivity index (χ1n) is 18.2. The maximum Gasteiger partial charge on any atom is 0.411 e. The maximum absolute atomic E-state index is 13.4. The Balaban J connectivity index is 0.824. The second-order valence-corrected chi connectivity index (χ2v) is 13.7. The minimum Gasteiger partial charge on any atom is -0.506 e. The molecular weight excluding hydrogens is 674 g/mol. The van der Waals surface area contributed by atoms with E-state index in [1.54, 1.807) is 6.07 Å². The van der Waals surface area contributed by atoms with E-state index in [1.165, 1.54) is 6.07 Å². The van der Waals surface area contributed by atoms with E-state index < -0.39 is 12.2 Å². The van der Waals surface area contributed by atoms with E-state index in [9.17, 15) is 24.6 Å². The van der Waals surface area contributed by atoms with Gasteiger partial charge in [0.2, 0.25) is 0 Å². The second-order valence-electron chi connectivity index (χ2n) is 13.7. The van der Waals surface area contributed by atoms with Crippen LogP contribution in [0, 0.1) is 0 Å². The van der Waals surface area contributed by atoms with E-state index in [0.29, 0.717) is 25.2 Å². The number of aliphatic hydroxyl groups is 1. The third kappa shape index (κ3) is 8.62. The summed E-state index contributed by atoms with van der Waals surface area (Å²) in [7, 11) is 0. The van der Waals surface area contributed by atoms with Gasteiger partial charge in [-0.25, -0.2) is 4.79 Å². The molecule has 3 aliphatic heterocycles. The number of piperidine rings is 1. The van der Waals surface area contributed by atoms with Crippen LogP contribution in [0.3, 0.4) is 0 Å². The Labute approximate surface area is 308 Å². The number of likely N-dealkylation sites (tertiary alicyclic amines) is 1. The summed E-state index contributed by atoms with van der Waals surface area (Å²) >= 11 is 0. The predicted octanol–water partition coefficient (Wildman–Crippen LogP) is 4.97. The predicted molar refractivity (Wildman–Crippen MR) is 201 cm³/mol. The number of carbonyl (C=O) groups excluding carboxylic acids is 3. The molecule has 3 amide bonds. The molecular formula is C41H45N5O7. The SMILES string of the molecule is O=C1COc2c([C@H](O)CNCCc3ccc4c(c3)CCN(CCN3CCC(OC(=O)Nc5ccccc5-c5ccccc5)CC3)C4=O)ccc(O)c2N1. The molecule has 12 nitrogen and oxygen atoms in total. The number of amides is 3. The van der Waals surface area contributed by atoms with Crippen molar-refractivity contribution in [2.45, 2.75) is 37.9 Å². The number of anilines is 2. The summed E-state index contributed by atoms with van der Waals surface area (Å²) in [4.78, 5) is 42.1. The fraction of sp³-hybridized carbons (Fsp3) is 0.341. The number of phenols is 1. The summed E-state index contributed by atoms with van der Waals surface area (Å²) in [6.45, 7) is 4.39. The first-order valence-corrected chi connectivity index (χ1v) is 18.2. The highest BCUT2D eigenvalue weighted by Gasteiger charge is 2.28. The van der Waals surface area contributed by atoms with Gasteiger partial charge in [0.1, 0.15) is 17.5 Å². The molecule has 12 heteroatoms. The Morgan fingerprint density at radius 1 is 0.943 bits per heavy atom. The second kappa shape index (κ2) is 16.5. The molecule has 4 aromatic rings. The molecule has 276 valence electrons. The lowest BCUT2D eigenvalue weighted by molar-refractivity contribution is -0.118. The number of nitrogens with zero attached hydrogens (tertiary/aromatic N) is 2. The van der Waals surface area contributed by atoms with Gasteiger partial charge in [-0.3, -0.25) is 14.9 Å². The average Bonchev–Trinajstić information content (AvgIpc) is 3.17. The van der Waals surface area contributed by atoms with Gasteiger partial charge in [0, 0.05) is 56.0 Å². The number of aromatic hydroxyl groups is 1. The molecule has 0 aliphatic carbocycles. The summed E-state index contributed by atoms with van der Waals surface area (Å²) in [5.41, 5.74) is 6.27. The van der Waals surface area contributed by atoms with Crippen molar-refractivity contribution in [1.29, 1.82) is 0 Å². The zero-order valence-electron chi connectivity index (χ0n) is 29.6.